The minimum atomic E-state index is -4.51. The second-order valence-electron chi connectivity index (χ2n) is 3.12. The zero-order chi connectivity index (χ0) is 12.9. The second kappa shape index (κ2) is 5.67. The number of halogens is 4. The van der Waals surface area contributed by atoms with Crippen molar-refractivity contribution in [3.63, 3.8) is 0 Å². The van der Waals surface area contributed by atoms with Crippen LogP contribution in [0.3, 0.4) is 0 Å². The van der Waals surface area contributed by atoms with Gasteiger partial charge in [-0.1, -0.05) is 24.3 Å². The molecule has 6 heteroatoms. The van der Waals surface area contributed by atoms with Crippen LogP contribution in [0.15, 0.2) is 30.3 Å². The van der Waals surface area contributed by atoms with Crippen molar-refractivity contribution in [2.75, 3.05) is 6.61 Å². The van der Waals surface area contributed by atoms with E-state index >= 15 is 0 Å². The van der Waals surface area contributed by atoms with E-state index in [2.05, 4.69) is 4.74 Å². The second-order valence-corrected chi connectivity index (χ2v) is 3.12. The van der Waals surface area contributed by atoms with E-state index in [-0.39, 0.29) is 12.4 Å². The van der Waals surface area contributed by atoms with Crippen LogP contribution in [0.1, 0.15) is 5.56 Å². The lowest BCUT2D eigenvalue weighted by Gasteiger charge is -2.16. The van der Waals surface area contributed by atoms with Crippen LogP contribution in [0.2, 0.25) is 0 Å². The highest BCUT2D eigenvalue weighted by molar-refractivity contribution is 5.51. The van der Waals surface area contributed by atoms with Crippen LogP contribution in [0.5, 0.6) is 5.75 Å². The molecule has 0 bridgehead atoms. The molecule has 0 aliphatic rings. The fourth-order valence-electron chi connectivity index (χ4n) is 1.07. The third-order valence-electron chi connectivity index (χ3n) is 1.78. The predicted octanol–water partition coefficient (Wildman–Crippen LogP) is 2.93. The summed E-state index contributed by atoms with van der Waals surface area (Å²) in [5.74, 6) is -0.365. The molecule has 17 heavy (non-hydrogen) atoms. The Morgan fingerprint density at radius 2 is 2.06 bits per heavy atom. The Kier molecular flexibility index (Phi) is 4.51. The van der Waals surface area contributed by atoms with Gasteiger partial charge >= 0.3 is 12.5 Å². The van der Waals surface area contributed by atoms with E-state index in [0.29, 0.717) is 5.56 Å². The summed E-state index contributed by atoms with van der Waals surface area (Å²) in [5.41, 5.74) is 0.460. The summed E-state index contributed by atoms with van der Waals surface area (Å²) in [6.07, 6.45) is -5.57. The van der Waals surface area contributed by atoms with E-state index in [1.54, 1.807) is 6.07 Å². The van der Waals surface area contributed by atoms with Crippen molar-refractivity contribution in [1.82, 2.24) is 0 Å². The van der Waals surface area contributed by atoms with Crippen molar-refractivity contribution < 1.29 is 27.4 Å². The zero-order valence-corrected chi connectivity index (χ0v) is 8.62. The van der Waals surface area contributed by atoms with E-state index in [0.717, 1.165) is 6.07 Å². The number of rotatable bonds is 5. The first-order valence-corrected chi connectivity index (χ1v) is 4.68. The molecule has 1 N–H and O–H groups in total. The summed E-state index contributed by atoms with van der Waals surface area (Å²) in [6.45, 7) is -0.210. The van der Waals surface area contributed by atoms with Gasteiger partial charge in [-0.05, 0) is 17.7 Å². The van der Waals surface area contributed by atoms with Gasteiger partial charge < -0.3 is 9.84 Å². The molecule has 1 aromatic rings. The fourth-order valence-corrected chi connectivity index (χ4v) is 1.07. The van der Waals surface area contributed by atoms with Gasteiger partial charge in [-0.25, -0.2) is 0 Å². The molecule has 0 aromatic heterocycles. The topological polar surface area (TPSA) is 29.5 Å². The molecule has 0 radical (unpaired) electrons. The molecule has 0 saturated heterocycles. The SMILES string of the molecule is OCC=Cc1cccc(OC(F)(F)C(F)F)c1. The maximum atomic E-state index is 12.6. The van der Waals surface area contributed by atoms with Gasteiger partial charge in [0.2, 0.25) is 0 Å². The Hall–Kier alpha value is -1.56. The van der Waals surface area contributed by atoms with Crippen LogP contribution in [0, 0.1) is 0 Å². The lowest BCUT2D eigenvalue weighted by atomic mass is 10.2. The third-order valence-corrected chi connectivity index (χ3v) is 1.78. The molecule has 0 fully saturated rings. The van der Waals surface area contributed by atoms with Crippen molar-refractivity contribution in [2.24, 2.45) is 0 Å². The quantitative estimate of drug-likeness (QED) is 0.814. The maximum Gasteiger partial charge on any atom is 0.461 e. The summed E-state index contributed by atoms with van der Waals surface area (Å²) >= 11 is 0. The minimum Gasteiger partial charge on any atom is -0.428 e. The molecular weight excluding hydrogens is 240 g/mol. The monoisotopic (exact) mass is 250 g/mol. The van der Waals surface area contributed by atoms with Crippen molar-refractivity contribution >= 4 is 6.08 Å². The molecule has 94 valence electrons. The standard InChI is InChI=1S/C11H10F4O2/c12-10(13)11(14,15)17-9-5-1-3-8(7-9)4-2-6-16/h1-5,7,10,16H,6H2. The summed E-state index contributed by atoms with van der Waals surface area (Å²) < 4.78 is 52.8. The number of hydrogen-bond donors (Lipinski definition) is 1. The van der Waals surface area contributed by atoms with Gasteiger partial charge in [-0.15, -0.1) is 0 Å². The van der Waals surface area contributed by atoms with Crippen molar-refractivity contribution in [3.8, 4) is 5.75 Å². The minimum absolute atomic E-state index is 0.210. The lowest BCUT2D eigenvalue weighted by Crippen LogP contribution is -2.33. The predicted molar refractivity (Wildman–Crippen MR) is 54.1 cm³/mol. The highest BCUT2D eigenvalue weighted by Gasteiger charge is 2.43. The molecule has 0 aliphatic heterocycles. The number of aliphatic hydroxyl groups excluding tert-OH is 1. The normalized spacial score (nSPS) is 12.4. The summed E-state index contributed by atoms with van der Waals surface area (Å²) in [4.78, 5) is 0. The van der Waals surface area contributed by atoms with Crippen molar-refractivity contribution in [2.45, 2.75) is 12.5 Å². The van der Waals surface area contributed by atoms with E-state index in [1.807, 2.05) is 0 Å². The average molecular weight is 250 g/mol. The molecule has 0 heterocycles. The van der Waals surface area contributed by atoms with Crippen molar-refractivity contribution in [1.29, 1.82) is 0 Å². The zero-order valence-electron chi connectivity index (χ0n) is 8.62. The smallest absolute Gasteiger partial charge is 0.428 e. The average Bonchev–Trinajstić information content (AvgIpc) is 2.26. The Morgan fingerprint density at radius 3 is 2.65 bits per heavy atom. The van der Waals surface area contributed by atoms with Crippen LogP contribution < -0.4 is 4.74 Å². The third kappa shape index (κ3) is 4.07. The molecule has 0 saturated carbocycles. The number of alkyl halides is 4. The molecule has 0 unspecified atom stereocenters. The molecule has 0 atom stereocenters. The molecule has 0 aliphatic carbocycles. The van der Waals surface area contributed by atoms with Gasteiger partial charge in [0.05, 0.1) is 6.61 Å². The van der Waals surface area contributed by atoms with Gasteiger partial charge in [-0.3, -0.25) is 0 Å². The van der Waals surface area contributed by atoms with Gasteiger partial charge in [0.1, 0.15) is 5.75 Å². The maximum absolute atomic E-state index is 12.6. The molecule has 0 amide bonds. The summed E-state index contributed by atoms with van der Waals surface area (Å²) in [5, 5.41) is 8.52. The number of ether oxygens (including phenoxy) is 1. The van der Waals surface area contributed by atoms with E-state index in [1.165, 1.54) is 24.3 Å². The largest absolute Gasteiger partial charge is 0.461 e. The first-order valence-electron chi connectivity index (χ1n) is 4.68. The van der Waals surface area contributed by atoms with E-state index in [4.69, 9.17) is 5.11 Å². The van der Waals surface area contributed by atoms with E-state index < -0.39 is 12.5 Å². The Morgan fingerprint density at radius 1 is 1.35 bits per heavy atom. The number of benzene rings is 1. The molecule has 0 spiro atoms. The van der Waals surface area contributed by atoms with Crippen LogP contribution >= 0.6 is 0 Å². The summed E-state index contributed by atoms with van der Waals surface area (Å²) in [6, 6.07) is 5.25. The highest BCUT2D eigenvalue weighted by Crippen LogP contribution is 2.27. The Bertz CT molecular complexity index is 391. The number of aliphatic hydroxyl groups is 1. The lowest BCUT2D eigenvalue weighted by molar-refractivity contribution is -0.253. The number of hydrogen-bond acceptors (Lipinski definition) is 2. The van der Waals surface area contributed by atoms with Gasteiger partial charge in [-0.2, -0.15) is 17.6 Å². The molecular formula is C11H10F4O2. The fraction of sp³-hybridized carbons (Fsp3) is 0.273. The highest BCUT2D eigenvalue weighted by atomic mass is 19.3. The first-order chi connectivity index (χ1) is 7.95. The van der Waals surface area contributed by atoms with Crippen molar-refractivity contribution in [3.05, 3.63) is 35.9 Å². The molecule has 1 aromatic carbocycles. The van der Waals surface area contributed by atoms with Gasteiger partial charge in [0.25, 0.3) is 0 Å². The molecule has 2 nitrogen and oxygen atoms in total. The van der Waals surface area contributed by atoms with Gasteiger partial charge in [0, 0.05) is 0 Å². The first kappa shape index (κ1) is 13.5. The van der Waals surface area contributed by atoms with Gasteiger partial charge in [0.15, 0.2) is 0 Å². The van der Waals surface area contributed by atoms with Crippen LogP contribution in [-0.2, 0) is 0 Å². The van der Waals surface area contributed by atoms with Crippen LogP contribution in [0.4, 0.5) is 17.6 Å². The van der Waals surface area contributed by atoms with Crippen LogP contribution in [0.25, 0.3) is 6.08 Å². The Labute approximate surface area is 95.1 Å². The Balaban J connectivity index is 2.82. The molecule has 1 rings (SSSR count). The van der Waals surface area contributed by atoms with Crippen LogP contribution in [-0.4, -0.2) is 24.2 Å². The van der Waals surface area contributed by atoms with E-state index in [9.17, 15) is 17.6 Å². The summed E-state index contributed by atoms with van der Waals surface area (Å²) in [7, 11) is 0.